The Hall–Kier alpha value is -1.88. The van der Waals surface area contributed by atoms with E-state index >= 15 is 0 Å². The van der Waals surface area contributed by atoms with Crippen LogP contribution in [0.3, 0.4) is 0 Å². The van der Waals surface area contributed by atoms with Gasteiger partial charge in [0, 0.05) is 25.3 Å². The van der Waals surface area contributed by atoms with Crippen LogP contribution in [-0.4, -0.2) is 37.4 Å². The summed E-state index contributed by atoms with van der Waals surface area (Å²) in [6, 6.07) is 5.14. The Bertz CT molecular complexity index is 441. The van der Waals surface area contributed by atoms with Crippen molar-refractivity contribution in [3.63, 3.8) is 0 Å². The second-order valence-corrected chi connectivity index (χ2v) is 3.98. The first-order valence-corrected chi connectivity index (χ1v) is 5.28. The number of aryl methyl sites for hydroxylation is 1. The largest absolute Gasteiger partial charge is 0.345 e. The maximum atomic E-state index is 11.8. The Balaban J connectivity index is 2.94. The van der Waals surface area contributed by atoms with E-state index in [0.717, 1.165) is 5.56 Å². The summed E-state index contributed by atoms with van der Waals surface area (Å²) in [5, 5.41) is 2.64. The Morgan fingerprint density at radius 2 is 2.00 bits per heavy atom. The van der Waals surface area contributed by atoms with Crippen molar-refractivity contribution in [1.82, 2.24) is 4.90 Å². The minimum atomic E-state index is -0.254. The molecule has 0 spiro atoms. The highest BCUT2D eigenvalue weighted by atomic mass is 16.2. The van der Waals surface area contributed by atoms with Crippen LogP contribution in [0.1, 0.15) is 15.9 Å². The molecule has 0 atom stereocenters. The molecule has 1 aromatic rings. The number of amides is 2. The van der Waals surface area contributed by atoms with Crippen LogP contribution in [0.2, 0.25) is 0 Å². The van der Waals surface area contributed by atoms with E-state index in [-0.39, 0.29) is 18.4 Å². The van der Waals surface area contributed by atoms with Gasteiger partial charge in [0.1, 0.15) is 0 Å². The summed E-state index contributed by atoms with van der Waals surface area (Å²) >= 11 is 0. The van der Waals surface area contributed by atoms with E-state index in [1.54, 1.807) is 32.3 Å². The number of rotatable bonds is 3. The predicted molar refractivity (Wildman–Crippen MR) is 66.9 cm³/mol. The molecule has 92 valence electrons. The normalized spacial score (nSPS) is 9.88. The number of benzene rings is 1. The Labute approximate surface area is 101 Å². The monoisotopic (exact) mass is 235 g/mol. The third kappa shape index (κ3) is 3.29. The van der Waals surface area contributed by atoms with Crippen molar-refractivity contribution in [2.45, 2.75) is 6.92 Å². The fraction of sp³-hybridized carbons (Fsp3) is 0.333. The number of hydrogen-bond donors (Lipinski definition) is 2. The highest BCUT2D eigenvalue weighted by Gasteiger charge is 2.11. The first-order valence-electron chi connectivity index (χ1n) is 5.28. The fourth-order valence-corrected chi connectivity index (χ4v) is 1.43. The fourth-order valence-electron chi connectivity index (χ4n) is 1.43. The summed E-state index contributed by atoms with van der Waals surface area (Å²) in [5.74, 6) is -0.310. The average Bonchev–Trinajstić information content (AvgIpc) is 2.28. The maximum Gasteiger partial charge on any atom is 0.253 e. The third-order valence-corrected chi connectivity index (χ3v) is 2.33. The molecule has 0 aliphatic heterocycles. The summed E-state index contributed by atoms with van der Waals surface area (Å²) in [6.45, 7) is 1.77. The zero-order valence-corrected chi connectivity index (χ0v) is 10.3. The van der Waals surface area contributed by atoms with E-state index in [9.17, 15) is 9.59 Å². The van der Waals surface area contributed by atoms with Gasteiger partial charge in [-0.1, -0.05) is 0 Å². The molecule has 0 heterocycles. The van der Waals surface area contributed by atoms with Crippen molar-refractivity contribution in [2.24, 2.45) is 5.73 Å². The number of nitrogens with zero attached hydrogens (tertiary/aromatic N) is 1. The summed E-state index contributed by atoms with van der Waals surface area (Å²) in [7, 11) is 3.40. The van der Waals surface area contributed by atoms with Crippen LogP contribution in [0, 0.1) is 6.92 Å². The first kappa shape index (κ1) is 13.2. The van der Waals surface area contributed by atoms with Gasteiger partial charge in [-0.2, -0.15) is 0 Å². The van der Waals surface area contributed by atoms with Crippen molar-refractivity contribution in [3.05, 3.63) is 29.3 Å². The topological polar surface area (TPSA) is 75.4 Å². The van der Waals surface area contributed by atoms with Gasteiger partial charge in [-0.25, -0.2) is 0 Å². The average molecular weight is 235 g/mol. The van der Waals surface area contributed by atoms with E-state index in [4.69, 9.17) is 5.73 Å². The van der Waals surface area contributed by atoms with Gasteiger partial charge in [0.2, 0.25) is 5.91 Å². The van der Waals surface area contributed by atoms with Gasteiger partial charge >= 0.3 is 0 Å². The molecule has 1 aromatic carbocycles. The number of carbonyl (C=O) groups excluding carboxylic acids is 2. The zero-order chi connectivity index (χ0) is 13.0. The first-order chi connectivity index (χ1) is 7.95. The van der Waals surface area contributed by atoms with Crippen LogP contribution in [0.5, 0.6) is 0 Å². The molecule has 0 bridgehead atoms. The van der Waals surface area contributed by atoms with Crippen LogP contribution in [0.4, 0.5) is 5.69 Å². The van der Waals surface area contributed by atoms with Crippen molar-refractivity contribution >= 4 is 17.5 Å². The van der Waals surface area contributed by atoms with Crippen LogP contribution in [-0.2, 0) is 4.79 Å². The van der Waals surface area contributed by atoms with Gasteiger partial charge in [0.25, 0.3) is 5.91 Å². The Morgan fingerprint density at radius 1 is 1.35 bits per heavy atom. The second kappa shape index (κ2) is 5.45. The summed E-state index contributed by atoms with van der Waals surface area (Å²) in [5.41, 5.74) is 7.29. The van der Waals surface area contributed by atoms with Gasteiger partial charge in [0.05, 0.1) is 6.54 Å². The number of nitrogens with two attached hydrogens (primary N) is 1. The van der Waals surface area contributed by atoms with Crippen LogP contribution < -0.4 is 11.1 Å². The van der Waals surface area contributed by atoms with Crippen molar-refractivity contribution < 1.29 is 9.59 Å². The molecule has 2 amide bonds. The molecule has 5 heteroatoms. The van der Waals surface area contributed by atoms with Crippen LogP contribution in [0.15, 0.2) is 18.2 Å². The van der Waals surface area contributed by atoms with E-state index in [1.165, 1.54) is 4.90 Å². The minimum Gasteiger partial charge on any atom is -0.345 e. The molecule has 3 N–H and O–H groups in total. The van der Waals surface area contributed by atoms with Gasteiger partial charge < -0.3 is 16.0 Å². The lowest BCUT2D eigenvalue weighted by molar-refractivity contribution is -0.114. The summed E-state index contributed by atoms with van der Waals surface area (Å²) in [6.07, 6.45) is 0. The third-order valence-electron chi connectivity index (χ3n) is 2.33. The lowest BCUT2D eigenvalue weighted by atomic mass is 10.1. The van der Waals surface area contributed by atoms with Crippen molar-refractivity contribution in [1.29, 1.82) is 0 Å². The highest BCUT2D eigenvalue weighted by Crippen LogP contribution is 2.16. The Morgan fingerprint density at radius 3 is 2.47 bits per heavy atom. The van der Waals surface area contributed by atoms with Crippen LogP contribution in [0.25, 0.3) is 0 Å². The van der Waals surface area contributed by atoms with Gasteiger partial charge in [-0.3, -0.25) is 9.59 Å². The van der Waals surface area contributed by atoms with E-state index < -0.39 is 0 Å². The molecule has 0 aromatic heterocycles. The number of nitrogens with one attached hydrogen (secondary N) is 1. The van der Waals surface area contributed by atoms with Gasteiger partial charge in [0.15, 0.2) is 0 Å². The SMILES string of the molecule is Cc1cc(NC(=O)CN)ccc1C(=O)N(C)C. The molecule has 0 radical (unpaired) electrons. The quantitative estimate of drug-likeness (QED) is 0.805. The Kier molecular flexibility index (Phi) is 4.23. The lowest BCUT2D eigenvalue weighted by Crippen LogP contribution is -2.23. The molecular formula is C12H17N3O2. The number of hydrogen-bond acceptors (Lipinski definition) is 3. The van der Waals surface area contributed by atoms with Crippen molar-refractivity contribution in [3.8, 4) is 0 Å². The smallest absolute Gasteiger partial charge is 0.253 e. The minimum absolute atomic E-state index is 0.0563. The maximum absolute atomic E-state index is 11.8. The molecule has 0 aliphatic carbocycles. The standard InChI is InChI=1S/C12H17N3O2/c1-8-6-9(14-11(16)7-13)4-5-10(8)12(17)15(2)3/h4-6H,7,13H2,1-3H3,(H,14,16). The molecule has 0 unspecified atom stereocenters. The number of anilines is 1. The molecule has 17 heavy (non-hydrogen) atoms. The van der Waals surface area contributed by atoms with Gasteiger partial charge in [-0.15, -0.1) is 0 Å². The van der Waals surface area contributed by atoms with E-state index in [0.29, 0.717) is 11.3 Å². The van der Waals surface area contributed by atoms with E-state index in [1.807, 2.05) is 6.92 Å². The van der Waals surface area contributed by atoms with Crippen LogP contribution >= 0.6 is 0 Å². The summed E-state index contributed by atoms with van der Waals surface area (Å²) in [4.78, 5) is 24.4. The molecular weight excluding hydrogens is 218 g/mol. The number of carbonyl (C=O) groups is 2. The molecule has 1 rings (SSSR count). The molecule has 5 nitrogen and oxygen atoms in total. The lowest BCUT2D eigenvalue weighted by Gasteiger charge is -2.13. The van der Waals surface area contributed by atoms with Gasteiger partial charge in [-0.05, 0) is 30.7 Å². The molecule has 0 aliphatic rings. The van der Waals surface area contributed by atoms with Crippen molar-refractivity contribution in [2.75, 3.05) is 26.0 Å². The molecule has 0 saturated heterocycles. The molecule has 0 saturated carbocycles. The van der Waals surface area contributed by atoms with E-state index in [2.05, 4.69) is 5.32 Å². The molecule has 0 fully saturated rings. The zero-order valence-electron chi connectivity index (χ0n) is 10.3. The highest BCUT2D eigenvalue weighted by molar-refractivity contribution is 5.97. The summed E-state index contributed by atoms with van der Waals surface area (Å²) < 4.78 is 0. The second-order valence-electron chi connectivity index (χ2n) is 3.98. The predicted octanol–water partition coefficient (Wildman–Crippen LogP) is 0.594.